The number of aliphatic hydroxyl groups is 1. The van der Waals surface area contributed by atoms with Crippen molar-refractivity contribution >= 4 is 5.91 Å². The second-order valence-electron chi connectivity index (χ2n) is 1.82. The summed E-state index contributed by atoms with van der Waals surface area (Å²) in [5.41, 5.74) is 0. The Hall–Kier alpha value is -0.570. The van der Waals surface area contributed by atoms with Crippen molar-refractivity contribution < 1.29 is 9.90 Å². The lowest BCUT2D eigenvalue weighted by Crippen LogP contribution is -2.33. The molecule has 0 aromatic rings. The summed E-state index contributed by atoms with van der Waals surface area (Å²) in [6, 6.07) is 0. The van der Waals surface area contributed by atoms with Gasteiger partial charge in [-0.3, -0.25) is 4.79 Å². The Bertz CT molecular complexity index is 93.1. The highest BCUT2D eigenvalue weighted by molar-refractivity contribution is 5.80. The van der Waals surface area contributed by atoms with Gasteiger partial charge < -0.3 is 10.4 Å². The van der Waals surface area contributed by atoms with Crippen molar-refractivity contribution in [2.75, 3.05) is 6.54 Å². The van der Waals surface area contributed by atoms with E-state index >= 15 is 0 Å². The van der Waals surface area contributed by atoms with Crippen LogP contribution in [0.25, 0.3) is 0 Å². The number of nitrogens with one attached hydrogen (secondary N) is 1. The Morgan fingerprint density at radius 3 is 2.56 bits per heavy atom. The first-order valence-electron chi connectivity index (χ1n) is 3.18. The molecule has 9 heavy (non-hydrogen) atoms. The van der Waals surface area contributed by atoms with Gasteiger partial charge in [-0.2, -0.15) is 0 Å². The van der Waals surface area contributed by atoms with Gasteiger partial charge in [0.05, 0.1) is 0 Å². The number of rotatable bonds is 3. The Morgan fingerprint density at radius 1 is 1.67 bits per heavy atom. The summed E-state index contributed by atoms with van der Waals surface area (Å²) in [6.45, 7) is 4.16. The first-order valence-corrected chi connectivity index (χ1v) is 3.18. The summed E-state index contributed by atoms with van der Waals surface area (Å²) < 4.78 is 0. The normalized spacial score (nSPS) is 12.8. The van der Waals surface area contributed by atoms with Crippen LogP contribution in [0.15, 0.2) is 0 Å². The maximum Gasteiger partial charge on any atom is 0.248 e. The molecule has 0 heterocycles. The third-order valence-corrected chi connectivity index (χ3v) is 1.04. The van der Waals surface area contributed by atoms with E-state index in [1.165, 1.54) is 0 Å². The fourth-order valence-corrected chi connectivity index (χ4v) is 0.477. The van der Waals surface area contributed by atoms with Gasteiger partial charge in [-0.05, 0) is 13.3 Å². The van der Waals surface area contributed by atoms with Crippen LogP contribution < -0.4 is 5.32 Å². The van der Waals surface area contributed by atoms with Crippen LogP contribution in [0, 0.1) is 0 Å². The highest BCUT2D eigenvalue weighted by atomic mass is 16.3. The summed E-state index contributed by atoms with van der Waals surface area (Å²) in [4.78, 5) is 10.6. The van der Waals surface area contributed by atoms with Crippen molar-refractivity contribution in [2.45, 2.75) is 26.4 Å². The highest BCUT2D eigenvalue weighted by Gasteiger charge is 2.09. The minimum absolute atomic E-state index is 0.278. The fraction of sp³-hybridized carbons (Fsp3) is 0.833. The second-order valence-corrected chi connectivity index (χ2v) is 1.82. The monoisotopic (exact) mass is 131 g/mol. The average Bonchev–Trinajstić information content (AvgIpc) is 1.87. The largest absolute Gasteiger partial charge is 0.383 e. The van der Waals surface area contributed by atoms with Crippen LogP contribution in [0.3, 0.4) is 0 Å². The fourth-order valence-electron chi connectivity index (χ4n) is 0.477. The molecule has 0 saturated heterocycles. The van der Waals surface area contributed by atoms with E-state index in [0.717, 1.165) is 0 Å². The Balaban J connectivity index is 3.46. The molecule has 0 radical (unpaired) electrons. The van der Waals surface area contributed by atoms with E-state index in [4.69, 9.17) is 5.11 Å². The summed E-state index contributed by atoms with van der Waals surface area (Å²) in [6.07, 6.45) is -0.351. The van der Waals surface area contributed by atoms with Crippen LogP contribution in [-0.2, 0) is 4.79 Å². The Labute approximate surface area is 55.1 Å². The molecule has 0 bridgehead atoms. The maximum absolute atomic E-state index is 10.6. The summed E-state index contributed by atoms with van der Waals surface area (Å²) >= 11 is 0. The van der Waals surface area contributed by atoms with Crippen molar-refractivity contribution in [1.82, 2.24) is 5.32 Å². The number of aliphatic hydroxyl groups excluding tert-OH is 1. The zero-order chi connectivity index (χ0) is 7.28. The first kappa shape index (κ1) is 8.43. The maximum atomic E-state index is 10.6. The molecule has 0 spiro atoms. The lowest BCUT2D eigenvalue weighted by atomic mass is 10.3. The van der Waals surface area contributed by atoms with Crippen LogP contribution in [0.4, 0.5) is 0 Å². The lowest BCUT2D eigenvalue weighted by molar-refractivity contribution is -0.129. The third-order valence-electron chi connectivity index (χ3n) is 1.04. The Morgan fingerprint density at radius 2 is 2.22 bits per heavy atom. The van der Waals surface area contributed by atoms with E-state index in [1.807, 2.05) is 6.92 Å². The first-order chi connectivity index (χ1) is 4.22. The second kappa shape index (κ2) is 4.32. The smallest absolute Gasteiger partial charge is 0.248 e. The zero-order valence-corrected chi connectivity index (χ0v) is 5.85. The van der Waals surface area contributed by atoms with Crippen molar-refractivity contribution in [1.29, 1.82) is 0 Å². The molecule has 0 rings (SSSR count). The van der Waals surface area contributed by atoms with E-state index in [2.05, 4.69) is 5.32 Å². The number of amides is 1. The number of carbonyl (C=O) groups is 1. The molecule has 0 saturated carbocycles. The minimum atomic E-state index is -0.829. The van der Waals surface area contributed by atoms with Gasteiger partial charge in [0.25, 0.3) is 0 Å². The van der Waals surface area contributed by atoms with Gasteiger partial charge in [-0.15, -0.1) is 0 Å². The molecule has 0 aliphatic carbocycles. The van der Waals surface area contributed by atoms with E-state index in [0.29, 0.717) is 13.0 Å². The molecule has 0 aliphatic heterocycles. The third kappa shape index (κ3) is 3.08. The van der Waals surface area contributed by atoms with Gasteiger partial charge in [-0.25, -0.2) is 0 Å². The van der Waals surface area contributed by atoms with E-state index in [1.54, 1.807) is 6.92 Å². The number of likely N-dealkylation sites (N-methyl/N-ethyl adjacent to an activating group) is 1. The molecule has 1 atom stereocenters. The molecule has 1 unspecified atom stereocenters. The summed E-state index contributed by atoms with van der Waals surface area (Å²) in [5, 5.41) is 11.4. The molecule has 1 amide bonds. The van der Waals surface area contributed by atoms with Crippen LogP contribution >= 0.6 is 0 Å². The van der Waals surface area contributed by atoms with Crippen LogP contribution in [-0.4, -0.2) is 23.7 Å². The lowest BCUT2D eigenvalue weighted by Gasteiger charge is -2.05. The van der Waals surface area contributed by atoms with Crippen molar-refractivity contribution in [2.24, 2.45) is 0 Å². The predicted octanol–water partition coefficient (Wildman–Crippen LogP) is -0.107. The SMILES string of the molecule is CCNC(=O)C(O)CC. The number of hydrogen-bond acceptors (Lipinski definition) is 2. The molecular weight excluding hydrogens is 118 g/mol. The highest BCUT2D eigenvalue weighted by Crippen LogP contribution is 1.87. The molecule has 0 aromatic carbocycles. The van der Waals surface area contributed by atoms with E-state index < -0.39 is 6.10 Å². The molecule has 3 heteroatoms. The summed E-state index contributed by atoms with van der Waals surface area (Å²) in [7, 11) is 0. The van der Waals surface area contributed by atoms with Gasteiger partial charge in [0.2, 0.25) is 5.91 Å². The van der Waals surface area contributed by atoms with Crippen LogP contribution in [0.5, 0.6) is 0 Å². The molecule has 3 nitrogen and oxygen atoms in total. The molecule has 54 valence electrons. The molecule has 0 fully saturated rings. The Kier molecular flexibility index (Phi) is 4.05. The van der Waals surface area contributed by atoms with Crippen molar-refractivity contribution in [3.05, 3.63) is 0 Å². The number of carbonyl (C=O) groups excluding carboxylic acids is 1. The van der Waals surface area contributed by atoms with Crippen LogP contribution in [0.1, 0.15) is 20.3 Å². The van der Waals surface area contributed by atoms with Gasteiger partial charge in [0, 0.05) is 6.54 Å². The van der Waals surface area contributed by atoms with E-state index in [-0.39, 0.29) is 5.91 Å². The van der Waals surface area contributed by atoms with Gasteiger partial charge in [0.1, 0.15) is 6.10 Å². The standard InChI is InChI=1S/C6H13NO2/c1-3-5(8)6(9)7-4-2/h5,8H,3-4H2,1-2H3,(H,7,9). The topological polar surface area (TPSA) is 49.3 Å². The average molecular weight is 131 g/mol. The van der Waals surface area contributed by atoms with Crippen molar-refractivity contribution in [3.8, 4) is 0 Å². The summed E-state index contributed by atoms with van der Waals surface area (Å²) in [5.74, 6) is -0.278. The molecule has 0 aromatic heterocycles. The van der Waals surface area contributed by atoms with Crippen LogP contribution in [0.2, 0.25) is 0 Å². The molecular formula is C6H13NO2. The van der Waals surface area contributed by atoms with Gasteiger partial charge in [-0.1, -0.05) is 6.92 Å². The van der Waals surface area contributed by atoms with Gasteiger partial charge in [0.15, 0.2) is 0 Å². The minimum Gasteiger partial charge on any atom is -0.383 e. The van der Waals surface area contributed by atoms with Crippen molar-refractivity contribution in [3.63, 3.8) is 0 Å². The zero-order valence-electron chi connectivity index (χ0n) is 5.85. The quantitative estimate of drug-likeness (QED) is 0.561. The molecule has 0 aliphatic rings. The predicted molar refractivity (Wildman–Crippen MR) is 35.0 cm³/mol. The number of hydrogen-bond donors (Lipinski definition) is 2. The van der Waals surface area contributed by atoms with E-state index in [9.17, 15) is 4.79 Å². The molecule has 2 N–H and O–H groups in total. The van der Waals surface area contributed by atoms with Gasteiger partial charge >= 0.3 is 0 Å².